The van der Waals surface area contributed by atoms with Crippen molar-refractivity contribution in [1.29, 1.82) is 0 Å². The molecule has 0 saturated carbocycles. The van der Waals surface area contributed by atoms with Gasteiger partial charge in [0.1, 0.15) is 5.82 Å². The number of thiophene rings is 1. The summed E-state index contributed by atoms with van der Waals surface area (Å²) in [7, 11) is 0. The molecule has 0 radical (unpaired) electrons. The molecule has 2 aliphatic rings. The molecule has 4 nitrogen and oxygen atoms in total. The van der Waals surface area contributed by atoms with E-state index in [-0.39, 0.29) is 5.41 Å². The zero-order valence-corrected chi connectivity index (χ0v) is 14.4. The molecule has 1 unspecified atom stereocenters. The van der Waals surface area contributed by atoms with E-state index in [0.29, 0.717) is 0 Å². The third-order valence-electron chi connectivity index (χ3n) is 5.46. The van der Waals surface area contributed by atoms with E-state index in [9.17, 15) is 0 Å². The van der Waals surface area contributed by atoms with E-state index < -0.39 is 0 Å². The van der Waals surface area contributed by atoms with Crippen molar-refractivity contribution in [1.82, 2.24) is 19.4 Å². The van der Waals surface area contributed by atoms with Crippen LogP contribution in [0.3, 0.4) is 0 Å². The lowest BCUT2D eigenvalue weighted by Gasteiger charge is -2.22. The molecule has 0 aliphatic carbocycles. The molecule has 5 heteroatoms. The second-order valence-corrected chi connectivity index (χ2v) is 7.86. The molecular formula is C19H20N4S. The highest BCUT2D eigenvalue weighted by atomic mass is 32.1. The first kappa shape index (κ1) is 14.4. The largest absolute Gasteiger partial charge is 0.327 e. The maximum atomic E-state index is 4.86. The van der Waals surface area contributed by atoms with Crippen LogP contribution >= 0.6 is 11.3 Å². The smallest absolute Gasteiger partial charge is 0.116 e. The Labute approximate surface area is 145 Å². The molecule has 0 bridgehead atoms. The lowest BCUT2D eigenvalue weighted by molar-refractivity contribution is 0.296. The minimum absolute atomic E-state index is 0.240. The van der Waals surface area contributed by atoms with E-state index in [1.54, 1.807) is 11.3 Å². The van der Waals surface area contributed by atoms with Crippen LogP contribution in [0.4, 0.5) is 0 Å². The fourth-order valence-corrected chi connectivity index (χ4v) is 5.03. The van der Waals surface area contributed by atoms with Gasteiger partial charge in [-0.05, 0) is 43.0 Å². The average molecular weight is 336 g/mol. The van der Waals surface area contributed by atoms with Crippen molar-refractivity contribution in [2.45, 2.75) is 31.3 Å². The van der Waals surface area contributed by atoms with Gasteiger partial charge >= 0.3 is 0 Å². The molecule has 2 aliphatic heterocycles. The summed E-state index contributed by atoms with van der Waals surface area (Å²) in [6, 6.07) is 10.5. The van der Waals surface area contributed by atoms with Gasteiger partial charge in [0, 0.05) is 31.2 Å². The molecule has 1 fully saturated rings. The van der Waals surface area contributed by atoms with Crippen LogP contribution in [0.5, 0.6) is 0 Å². The molecule has 5 rings (SSSR count). The summed E-state index contributed by atoms with van der Waals surface area (Å²) in [4.78, 5) is 13.2. The van der Waals surface area contributed by atoms with Crippen LogP contribution in [-0.2, 0) is 18.5 Å². The highest BCUT2D eigenvalue weighted by Gasteiger charge is 2.46. The van der Waals surface area contributed by atoms with E-state index >= 15 is 0 Å². The number of imidazole rings is 1. The van der Waals surface area contributed by atoms with Gasteiger partial charge in [0.25, 0.3) is 0 Å². The monoisotopic (exact) mass is 336 g/mol. The van der Waals surface area contributed by atoms with Crippen LogP contribution in [0.25, 0.3) is 10.6 Å². The first-order valence-electron chi connectivity index (χ1n) is 8.56. The maximum Gasteiger partial charge on any atom is 0.116 e. The molecule has 0 N–H and O–H groups in total. The van der Waals surface area contributed by atoms with Crippen LogP contribution in [0.2, 0.25) is 0 Å². The lowest BCUT2D eigenvalue weighted by atomic mass is 9.85. The van der Waals surface area contributed by atoms with Gasteiger partial charge in [0.2, 0.25) is 0 Å². The summed E-state index contributed by atoms with van der Waals surface area (Å²) < 4.78 is 2.45. The molecular weight excluding hydrogens is 316 g/mol. The maximum absolute atomic E-state index is 4.86. The summed E-state index contributed by atoms with van der Waals surface area (Å²) in [6.07, 6.45) is 6.38. The number of likely N-dealkylation sites (tertiary alicyclic amines) is 1. The molecule has 1 atom stereocenters. The van der Waals surface area contributed by atoms with Gasteiger partial charge in [-0.3, -0.25) is 9.88 Å². The van der Waals surface area contributed by atoms with Crippen molar-refractivity contribution in [2.75, 3.05) is 13.1 Å². The molecule has 0 aromatic carbocycles. The van der Waals surface area contributed by atoms with Gasteiger partial charge in [0.15, 0.2) is 0 Å². The topological polar surface area (TPSA) is 34.0 Å². The van der Waals surface area contributed by atoms with Gasteiger partial charge in [-0.2, -0.15) is 0 Å². The van der Waals surface area contributed by atoms with Crippen LogP contribution < -0.4 is 0 Å². The number of fused-ring (bicyclic) bond motifs is 2. The van der Waals surface area contributed by atoms with Crippen molar-refractivity contribution >= 4 is 11.3 Å². The third kappa shape index (κ3) is 2.23. The summed E-state index contributed by atoms with van der Waals surface area (Å²) in [5.74, 6) is 1.30. The van der Waals surface area contributed by atoms with Crippen LogP contribution in [-0.4, -0.2) is 32.5 Å². The Kier molecular flexibility index (Phi) is 3.31. The molecule has 122 valence electrons. The van der Waals surface area contributed by atoms with Gasteiger partial charge < -0.3 is 4.57 Å². The fraction of sp³-hybridized carbons (Fsp3) is 0.368. The SMILES string of the molecule is c1ccc(CN2CCC3(CCn4c(-c5cccs5)cnc43)C2)nc1. The van der Waals surface area contributed by atoms with Crippen LogP contribution in [0.1, 0.15) is 24.4 Å². The third-order valence-corrected chi connectivity index (χ3v) is 6.35. The molecule has 5 heterocycles. The van der Waals surface area contributed by atoms with Crippen molar-refractivity contribution < 1.29 is 0 Å². The number of hydrogen-bond donors (Lipinski definition) is 0. The average Bonchev–Trinajstić information content (AvgIpc) is 3.36. The van der Waals surface area contributed by atoms with Gasteiger partial charge in [0.05, 0.1) is 22.5 Å². The number of hydrogen-bond acceptors (Lipinski definition) is 4. The predicted molar refractivity (Wildman–Crippen MR) is 96.0 cm³/mol. The van der Waals surface area contributed by atoms with E-state index in [2.05, 4.69) is 50.3 Å². The zero-order valence-electron chi connectivity index (χ0n) is 13.6. The Morgan fingerprint density at radius 3 is 2.88 bits per heavy atom. The van der Waals surface area contributed by atoms with Crippen molar-refractivity contribution in [3.8, 4) is 10.6 Å². The van der Waals surface area contributed by atoms with E-state index in [1.807, 2.05) is 12.3 Å². The van der Waals surface area contributed by atoms with E-state index in [1.165, 1.54) is 29.2 Å². The van der Waals surface area contributed by atoms with Gasteiger partial charge in [-0.25, -0.2) is 4.98 Å². The van der Waals surface area contributed by atoms with Crippen LogP contribution in [0.15, 0.2) is 48.1 Å². The first-order valence-corrected chi connectivity index (χ1v) is 9.44. The van der Waals surface area contributed by atoms with Crippen molar-refractivity contribution in [3.05, 3.63) is 59.6 Å². The Hall–Kier alpha value is -1.98. The van der Waals surface area contributed by atoms with Gasteiger partial charge in [-0.15, -0.1) is 11.3 Å². The number of aromatic nitrogens is 3. The highest BCUT2D eigenvalue weighted by molar-refractivity contribution is 7.13. The number of nitrogens with zero attached hydrogens (tertiary/aromatic N) is 4. The Morgan fingerprint density at radius 1 is 1.08 bits per heavy atom. The van der Waals surface area contributed by atoms with Crippen molar-refractivity contribution in [3.63, 3.8) is 0 Å². The second kappa shape index (κ2) is 5.53. The highest BCUT2D eigenvalue weighted by Crippen LogP contribution is 2.44. The summed E-state index contributed by atoms with van der Waals surface area (Å²) in [5.41, 5.74) is 2.69. The predicted octanol–water partition coefficient (Wildman–Crippen LogP) is 3.55. The van der Waals surface area contributed by atoms with E-state index in [4.69, 9.17) is 4.98 Å². The normalized spacial score (nSPS) is 23.2. The summed E-state index contributed by atoms with van der Waals surface area (Å²) >= 11 is 1.80. The number of rotatable bonds is 3. The number of pyridine rings is 1. The Balaban J connectivity index is 1.40. The molecule has 3 aromatic rings. The molecule has 0 amide bonds. The first-order chi connectivity index (χ1) is 11.8. The molecule has 1 saturated heterocycles. The van der Waals surface area contributed by atoms with Crippen molar-refractivity contribution in [2.24, 2.45) is 0 Å². The Bertz CT molecular complexity index is 840. The standard InChI is InChI=1S/C19H20N4S/c1-2-8-20-15(4-1)13-22-9-6-19(14-22)7-10-23-16(12-21-18(19)23)17-5-3-11-24-17/h1-5,8,11-12H,6-7,9-10,13-14H2. The fourth-order valence-electron chi connectivity index (χ4n) is 4.28. The summed E-state index contributed by atoms with van der Waals surface area (Å²) in [5, 5.41) is 2.14. The minimum atomic E-state index is 0.240. The second-order valence-electron chi connectivity index (χ2n) is 6.91. The minimum Gasteiger partial charge on any atom is -0.327 e. The Morgan fingerprint density at radius 2 is 2.04 bits per heavy atom. The van der Waals surface area contributed by atoms with Crippen LogP contribution in [0, 0.1) is 0 Å². The lowest BCUT2D eigenvalue weighted by Crippen LogP contribution is -2.29. The van der Waals surface area contributed by atoms with E-state index in [0.717, 1.165) is 31.9 Å². The summed E-state index contributed by atoms with van der Waals surface area (Å²) in [6.45, 7) is 4.28. The van der Waals surface area contributed by atoms with Gasteiger partial charge in [-0.1, -0.05) is 12.1 Å². The quantitative estimate of drug-likeness (QED) is 0.733. The molecule has 1 spiro atoms. The zero-order chi connectivity index (χ0) is 16.0. The molecule has 24 heavy (non-hydrogen) atoms. The molecule has 3 aromatic heterocycles.